The normalized spacial score (nSPS) is 12.7. The summed E-state index contributed by atoms with van der Waals surface area (Å²) in [6.07, 6.45) is 0. The molecular formula is C17H15N7O6S3. The van der Waals surface area contributed by atoms with E-state index in [1.807, 2.05) is 0 Å². The molecule has 0 saturated heterocycles. The molecule has 0 amide bonds. The highest BCUT2D eigenvalue weighted by Gasteiger charge is 2.18. The highest BCUT2D eigenvalue weighted by atomic mass is 32.2. The molecule has 0 aliphatic rings. The Morgan fingerprint density at radius 1 is 1.00 bits per heavy atom. The minimum Gasteiger partial charge on any atom is -0.398 e. The molecule has 4 rings (SSSR count). The number of hydrogen-bond donors (Lipinski definition) is 4. The van der Waals surface area contributed by atoms with Gasteiger partial charge in [-0.05, 0) is 43.3 Å². The minimum absolute atomic E-state index is 0.0880. The van der Waals surface area contributed by atoms with Crippen LogP contribution in [0.2, 0.25) is 0 Å². The first-order valence-electron chi connectivity index (χ1n) is 8.87. The Kier molecular flexibility index (Phi) is 5.41. The van der Waals surface area contributed by atoms with Crippen molar-refractivity contribution in [1.29, 1.82) is 0 Å². The Balaban J connectivity index is 1.68. The lowest BCUT2D eigenvalue weighted by Crippen LogP contribution is -2.06. The van der Waals surface area contributed by atoms with Gasteiger partial charge in [0.1, 0.15) is 4.90 Å². The van der Waals surface area contributed by atoms with Crippen molar-refractivity contribution < 1.29 is 25.9 Å². The lowest BCUT2D eigenvalue weighted by molar-refractivity contribution is 0.481. The van der Waals surface area contributed by atoms with Gasteiger partial charge in [0.2, 0.25) is 5.13 Å². The van der Waals surface area contributed by atoms with Crippen LogP contribution in [0.5, 0.6) is 0 Å². The smallest absolute Gasteiger partial charge is 0.296 e. The number of fused-ring (bicyclic) bond motifs is 1. The molecular weight excluding hydrogens is 494 g/mol. The summed E-state index contributed by atoms with van der Waals surface area (Å²) in [5, 5.41) is 12.6. The highest BCUT2D eigenvalue weighted by Crippen LogP contribution is 2.34. The van der Waals surface area contributed by atoms with Gasteiger partial charge in [0.05, 0.1) is 32.2 Å². The fourth-order valence-corrected chi connectivity index (χ4v) is 4.82. The first kappa shape index (κ1) is 22.7. The van der Waals surface area contributed by atoms with Crippen molar-refractivity contribution in [2.45, 2.75) is 16.7 Å². The van der Waals surface area contributed by atoms with Crippen molar-refractivity contribution in [3.8, 4) is 5.69 Å². The van der Waals surface area contributed by atoms with Gasteiger partial charge in [0.15, 0.2) is 11.5 Å². The Hall–Kier alpha value is -3.44. The van der Waals surface area contributed by atoms with Crippen LogP contribution in [0.3, 0.4) is 0 Å². The number of nitrogen functional groups attached to an aromatic ring is 2. The zero-order valence-corrected chi connectivity index (χ0v) is 19.1. The SMILES string of the molecule is Cc1nn(-c2ccc(S(=O)(=O)O)c(N)c2)c(N)c1/N=N/c1nc2cc(S(=O)(=O)O)ccc2s1. The monoisotopic (exact) mass is 509 g/mol. The Morgan fingerprint density at radius 3 is 2.36 bits per heavy atom. The number of nitrogens with zero attached hydrogens (tertiary/aromatic N) is 5. The first-order chi connectivity index (χ1) is 15.3. The third-order valence-electron chi connectivity index (χ3n) is 4.46. The molecule has 0 spiro atoms. The van der Waals surface area contributed by atoms with Crippen LogP contribution < -0.4 is 11.5 Å². The second kappa shape index (κ2) is 7.85. The average Bonchev–Trinajstić information content (AvgIpc) is 3.24. The third-order valence-corrected chi connectivity index (χ3v) is 7.16. The summed E-state index contributed by atoms with van der Waals surface area (Å²) in [7, 11) is -8.84. The molecule has 0 aliphatic carbocycles. The Labute approximate surface area is 190 Å². The van der Waals surface area contributed by atoms with Crippen LogP contribution in [0.25, 0.3) is 15.9 Å². The molecule has 2 heterocycles. The maximum absolute atomic E-state index is 11.3. The van der Waals surface area contributed by atoms with Crippen molar-refractivity contribution in [3.63, 3.8) is 0 Å². The van der Waals surface area contributed by atoms with Gasteiger partial charge in [-0.1, -0.05) is 11.3 Å². The van der Waals surface area contributed by atoms with E-state index in [0.717, 1.165) is 17.4 Å². The van der Waals surface area contributed by atoms with Gasteiger partial charge in [0, 0.05) is 0 Å². The predicted molar refractivity (Wildman–Crippen MR) is 121 cm³/mol. The number of nitrogens with two attached hydrogens (primary N) is 2. The Bertz CT molecular complexity index is 1660. The van der Waals surface area contributed by atoms with Crippen molar-refractivity contribution in [3.05, 3.63) is 42.1 Å². The fraction of sp³-hybridized carbons (Fsp3) is 0.0588. The van der Waals surface area contributed by atoms with Crippen LogP contribution in [0.1, 0.15) is 5.69 Å². The maximum Gasteiger partial charge on any atom is 0.296 e. The molecule has 0 radical (unpaired) electrons. The van der Waals surface area contributed by atoms with Crippen molar-refractivity contribution >= 4 is 64.1 Å². The van der Waals surface area contributed by atoms with Crippen LogP contribution in [-0.4, -0.2) is 40.7 Å². The van der Waals surface area contributed by atoms with Crippen molar-refractivity contribution in [1.82, 2.24) is 14.8 Å². The highest BCUT2D eigenvalue weighted by molar-refractivity contribution is 7.86. The number of hydrogen-bond acceptors (Lipinski definition) is 11. The second-order valence-corrected chi connectivity index (χ2v) is 10.5. The molecule has 4 aromatic rings. The number of aromatic nitrogens is 3. The van der Waals surface area contributed by atoms with E-state index in [-0.39, 0.29) is 27.2 Å². The quantitative estimate of drug-likeness (QED) is 0.175. The molecule has 0 atom stereocenters. The van der Waals surface area contributed by atoms with Gasteiger partial charge in [-0.15, -0.1) is 10.2 Å². The van der Waals surface area contributed by atoms with Gasteiger partial charge >= 0.3 is 0 Å². The van der Waals surface area contributed by atoms with E-state index in [1.54, 1.807) is 6.92 Å². The second-order valence-electron chi connectivity index (χ2n) is 6.73. The standard InChI is InChI=1S/C17H15N7O6S3/c1-8-15(16(19)24(23-8)9-2-5-14(11(18)6-9)33(28,29)30)21-22-17-20-12-7-10(32(25,26)27)3-4-13(12)31-17/h2-7H,18-19H2,1H3,(H,25,26,27)(H,28,29,30)/b22-21+. The first-order valence-corrected chi connectivity index (χ1v) is 12.6. The molecule has 0 fully saturated rings. The van der Waals surface area contributed by atoms with E-state index in [2.05, 4.69) is 20.3 Å². The minimum atomic E-state index is -4.48. The number of benzene rings is 2. The van der Waals surface area contributed by atoms with E-state index in [4.69, 9.17) is 16.0 Å². The fourth-order valence-electron chi connectivity index (χ4n) is 2.95. The lowest BCUT2D eigenvalue weighted by Gasteiger charge is -2.07. The summed E-state index contributed by atoms with van der Waals surface area (Å²) in [4.78, 5) is 3.46. The molecule has 16 heteroatoms. The molecule has 0 bridgehead atoms. The number of aryl methyl sites for hydroxylation is 1. The van der Waals surface area contributed by atoms with E-state index in [0.29, 0.717) is 21.6 Å². The summed E-state index contributed by atoms with van der Waals surface area (Å²) in [6, 6.07) is 7.74. The summed E-state index contributed by atoms with van der Waals surface area (Å²) >= 11 is 1.14. The van der Waals surface area contributed by atoms with Crippen LogP contribution in [0.15, 0.2) is 56.4 Å². The molecule has 33 heavy (non-hydrogen) atoms. The molecule has 0 unspecified atom stereocenters. The molecule has 2 aromatic heterocycles. The van der Waals surface area contributed by atoms with Gasteiger partial charge in [-0.25, -0.2) is 9.67 Å². The van der Waals surface area contributed by atoms with E-state index < -0.39 is 25.1 Å². The van der Waals surface area contributed by atoms with Crippen LogP contribution in [0, 0.1) is 6.92 Å². The predicted octanol–water partition coefficient (Wildman–Crippen LogP) is 2.86. The summed E-state index contributed by atoms with van der Waals surface area (Å²) in [5.74, 6) is 0.0880. The van der Waals surface area contributed by atoms with Crippen LogP contribution >= 0.6 is 11.3 Å². The number of azo groups is 1. The third kappa shape index (κ3) is 4.41. The number of rotatable bonds is 5. The zero-order chi connectivity index (χ0) is 24.1. The van der Waals surface area contributed by atoms with Crippen LogP contribution in [-0.2, 0) is 20.2 Å². The Morgan fingerprint density at radius 2 is 1.73 bits per heavy atom. The topological polar surface area (TPSA) is 216 Å². The maximum atomic E-state index is 11.3. The van der Waals surface area contributed by atoms with Gasteiger partial charge < -0.3 is 11.5 Å². The van der Waals surface area contributed by atoms with E-state index in [1.165, 1.54) is 35.0 Å². The lowest BCUT2D eigenvalue weighted by atomic mass is 10.3. The number of thiazole rings is 1. The largest absolute Gasteiger partial charge is 0.398 e. The molecule has 0 aliphatic heterocycles. The van der Waals surface area contributed by atoms with Crippen molar-refractivity contribution in [2.24, 2.45) is 10.2 Å². The molecule has 6 N–H and O–H groups in total. The summed E-state index contributed by atoms with van der Waals surface area (Å²) in [6.45, 7) is 1.63. The van der Waals surface area contributed by atoms with E-state index in [9.17, 15) is 21.4 Å². The summed E-state index contributed by atoms with van der Waals surface area (Å²) in [5.41, 5.74) is 13.0. The molecule has 2 aromatic carbocycles. The molecule has 0 saturated carbocycles. The van der Waals surface area contributed by atoms with Gasteiger partial charge in [-0.2, -0.15) is 21.9 Å². The van der Waals surface area contributed by atoms with Gasteiger partial charge in [-0.3, -0.25) is 9.11 Å². The van der Waals surface area contributed by atoms with Gasteiger partial charge in [0.25, 0.3) is 20.2 Å². The molecule has 13 nitrogen and oxygen atoms in total. The molecule has 172 valence electrons. The average molecular weight is 510 g/mol. The van der Waals surface area contributed by atoms with E-state index >= 15 is 0 Å². The van der Waals surface area contributed by atoms with Crippen LogP contribution in [0.4, 0.5) is 22.3 Å². The zero-order valence-electron chi connectivity index (χ0n) is 16.6. The van der Waals surface area contributed by atoms with Crippen molar-refractivity contribution in [2.75, 3.05) is 11.5 Å². The number of anilines is 2. The summed E-state index contributed by atoms with van der Waals surface area (Å²) < 4.78 is 65.5.